The predicted octanol–water partition coefficient (Wildman–Crippen LogP) is 2.72. The number of rotatable bonds is 3. The SMILES string of the molecule is OC1(c2nc(-c3ccc(N4CCCCC4)cc3)no2)CCOCC1. The van der Waals surface area contributed by atoms with Gasteiger partial charge in [0.25, 0.3) is 5.89 Å². The van der Waals surface area contributed by atoms with Crippen LogP contribution in [-0.2, 0) is 10.3 Å². The van der Waals surface area contributed by atoms with E-state index in [1.54, 1.807) is 0 Å². The second-order valence-corrected chi connectivity index (χ2v) is 6.66. The van der Waals surface area contributed by atoms with Crippen LogP contribution in [0.2, 0.25) is 0 Å². The molecule has 6 heteroatoms. The molecule has 0 spiro atoms. The van der Waals surface area contributed by atoms with Crippen molar-refractivity contribution in [1.82, 2.24) is 10.1 Å². The number of benzene rings is 1. The molecule has 4 rings (SSSR count). The number of aromatic nitrogens is 2. The van der Waals surface area contributed by atoms with Gasteiger partial charge >= 0.3 is 0 Å². The van der Waals surface area contributed by atoms with Gasteiger partial charge in [0.2, 0.25) is 5.82 Å². The summed E-state index contributed by atoms with van der Waals surface area (Å²) in [5, 5.41) is 14.7. The molecule has 128 valence electrons. The summed E-state index contributed by atoms with van der Waals surface area (Å²) in [7, 11) is 0. The van der Waals surface area contributed by atoms with Gasteiger partial charge in [-0.1, -0.05) is 5.16 Å². The Bertz CT molecular complexity index is 671. The Labute approximate surface area is 141 Å². The van der Waals surface area contributed by atoms with Crippen molar-refractivity contribution < 1.29 is 14.4 Å². The van der Waals surface area contributed by atoms with Crippen LogP contribution in [-0.4, -0.2) is 41.6 Å². The molecule has 0 amide bonds. The quantitative estimate of drug-likeness (QED) is 0.933. The highest BCUT2D eigenvalue weighted by atomic mass is 16.5. The first-order valence-electron chi connectivity index (χ1n) is 8.74. The normalized spacial score (nSPS) is 21.0. The Kier molecular flexibility index (Phi) is 4.24. The molecule has 3 heterocycles. The van der Waals surface area contributed by atoms with Crippen LogP contribution in [0.15, 0.2) is 28.8 Å². The summed E-state index contributed by atoms with van der Waals surface area (Å²) in [5.41, 5.74) is 1.09. The highest BCUT2D eigenvalue weighted by Crippen LogP contribution is 2.32. The van der Waals surface area contributed by atoms with Gasteiger partial charge in [0.05, 0.1) is 0 Å². The Balaban J connectivity index is 1.51. The van der Waals surface area contributed by atoms with E-state index in [1.165, 1.54) is 24.9 Å². The van der Waals surface area contributed by atoms with Crippen molar-refractivity contribution in [3.05, 3.63) is 30.2 Å². The van der Waals surface area contributed by atoms with Crippen LogP contribution in [0.1, 0.15) is 38.0 Å². The lowest BCUT2D eigenvalue weighted by atomic mass is 9.94. The molecule has 0 radical (unpaired) electrons. The number of hydrogen-bond donors (Lipinski definition) is 1. The lowest BCUT2D eigenvalue weighted by Crippen LogP contribution is -2.33. The molecular formula is C18H23N3O3. The molecule has 2 saturated heterocycles. The Hall–Kier alpha value is -1.92. The molecule has 2 aliphatic heterocycles. The number of hydrogen-bond acceptors (Lipinski definition) is 6. The van der Waals surface area contributed by atoms with Gasteiger partial charge in [-0.2, -0.15) is 4.98 Å². The molecule has 6 nitrogen and oxygen atoms in total. The Morgan fingerprint density at radius 2 is 1.71 bits per heavy atom. The van der Waals surface area contributed by atoms with E-state index in [1.807, 2.05) is 12.1 Å². The van der Waals surface area contributed by atoms with Crippen molar-refractivity contribution in [2.45, 2.75) is 37.7 Å². The fraction of sp³-hybridized carbons (Fsp3) is 0.556. The first-order chi connectivity index (χ1) is 11.7. The molecule has 24 heavy (non-hydrogen) atoms. The summed E-state index contributed by atoms with van der Waals surface area (Å²) in [6.45, 7) is 3.28. The van der Waals surface area contributed by atoms with Crippen LogP contribution in [0.4, 0.5) is 5.69 Å². The lowest BCUT2D eigenvalue weighted by molar-refractivity contribution is -0.0856. The predicted molar refractivity (Wildman–Crippen MR) is 89.7 cm³/mol. The molecule has 0 bridgehead atoms. The van der Waals surface area contributed by atoms with Crippen molar-refractivity contribution in [2.24, 2.45) is 0 Å². The summed E-state index contributed by atoms with van der Waals surface area (Å²) in [5.74, 6) is 0.816. The first-order valence-corrected chi connectivity index (χ1v) is 8.74. The fourth-order valence-electron chi connectivity index (χ4n) is 3.43. The summed E-state index contributed by atoms with van der Waals surface area (Å²) in [6.07, 6.45) is 4.83. The molecule has 0 aliphatic carbocycles. The van der Waals surface area contributed by atoms with Crippen molar-refractivity contribution in [3.63, 3.8) is 0 Å². The van der Waals surface area contributed by atoms with Crippen LogP contribution in [0, 0.1) is 0 Å². The van der Waals surface area contributed by atoms with Gasteiger partial charge < -0.3 is 19.3 Å². The van der Waals surface area contributed by atoms with E-state index in [9.17, 15) is 5.11 Å². The van der Waals surface area contributed by atoms with E-state index in [-0.39, 0.29) is 0 Å². The smallest absolute Gasteiger partial charge is 0.259 e. The van der Waals surface area contributed by atoms with E-state index >= 15 is 0 Å². The highest BCUT2D eigenvalue weighted by molar-refractivity contribution is 5.60. The molecule has 2 aliphatic rings. The van der Waals surface area contributed by atoms with Crippen LogP contribution in [0.25, 0.3) is 11.4 Å². The van der Waals surface area contributed by atoms with Crippen molar-refractivity contribution in [2.75, 3.05) is 31.2 Å². The van der Waals surface area contributed by atoms with E-state index < -0.39 is 5.60 Å². The second kappa shape index (κ2) is 6.53. The number of aliphatic hydroxyl groups is 1. The van der Waals surface area contributed by atoms with E-state index in [2.05, 4.69) is 27.2 Å². The van der Waals surface area contributed by atoms with Crippen molar-refractivity contribution in [3.8, 4) is 11.4 Å². The fourth-order valence-corrected chi connectivity index (χ4v) is 3.43. The zero-order valence-corrected chi connectivity index (χ0v) is 13.8. The summed E-state index contributed by atoms with van der Waals surface area (Å²) in [4.78, 5) is 6.84. The molecular weight excluding hydrogens is 306 g/mol. The molecule has 2 aromatic rings. The number of anilines is 1. The maximum absolute atomic E-state index is 10.6. The first kappa shape index (κ1) is 15.6. The van der Waals surface area contributed by atoms with E-state index in [4.69, 9.17) is 9.26 Å². The molecule has 1 N–H and O–H groups in total. The summed E-state index contributed by atoms with van der Waals surface area (Å²) in [6, 6.07) is 8.26. The van der Waals surface area contributed by atoms with Gasteiger partial charge in [-0.25, -0.2) is 0 Å². The molecule has 1 aromatic carbocycles. The van der Waals surface area contributed by atoms with Crippen LogP contribution >= 0.6 is 0 Å². The van der Waals surface area contributed by atoms with Gasteiger partial charge in [-0.15, -0.1) is 0 Å². The summed E-state index contributed by atoms with van der Waals surface area (Å²) >= 11 is 0. The topological polar surface area (TPSA) is 71.6 Å². The van der Waals surface area contributed by atoms with E-state index in [0.717, 1.165) is 18.7 Å². The molecule has 0 unspecified atom stereocenters. The summed E-state index contributed by atoms with van der Waals surface area (Å²) < 4.78 is 10.6. The highest BCUT2D eigenvalue weighted by Gasteiger charge is 2.37. The van der Waals surface area contributed by atoms with Crippen LogP contribution in [0.5, 0.6) is 0 Å². The number of piperidine rings is 1. The monoisotopic (exact) mass is 329 g/mol. The Morgan fingerprint density at radius 1 is 1.00 bits per heavy atom. The molecule has 0 saturated carbocycles. The molecule has 1 aromatic heterocycles. The lowest BCUT2D eigenvalue weighted by Gasteiger charge is -2.28. The van der Waals surface area contributed by atoms with Gasteiger partial charge in [-0.05, 0) is 43.5 Å². The second-order valence-electron chi connectivity index (χ2n) is 6.66. The zero-order valence-electron chi connectivity index (χ0n) is 13.8. The zero-order chi connectivity index (χ0) is 16.4. The Morgan fingerprint density at radius 3 is 2.42 bits per heavy atom. The largest absolute Gasteiger partial charge is 0.381 e. The van der Waals surface area contributed by atoms with Crippen molar-refractivity contribution in [1.29, 1.82) is 0 Å². The van der Waals surface area contributed by atoms with Crippen molar-refractivity contribution >= 4 is 5.69 Å². The minimum Gasteiger partial charge on any atom is -0.381 e. The minimum absolute atomic E-state index is 0.293. The molecule has 0 atom stereocenters. The van der Waals surface area contributed by atoms with Gasteiger partial charge in [0, 0.05) is 50.4 Å². The third kappa shape index (κ3) is 3.03. The van der Waals surface area contributed by atoms with Crippen LogP contribution in [0.3, 0.4) is 0 Å². The third-order valence-electron chi connectivity index (χ3n) is 4.99. The minimum atomic E-state index is -1.06. The standard InChI is InChI=1S/C18H23N3O3/c22-18(8-12-23-13-9-18)17-19-16(20-24-17)14-4-6-15(7-5-14)21-10-2-1-3-11-21/h4-7,22H,1-3,8-13H2. The van der Waals surface area contributed by atoms with Gasteiger partial charge in [-0.3, -0.25) is 0 Å². The maximum Gasteiger partial charge on any atom is 0.259 e. The van der Waals surface area contributed by atoms with Gasteiger partial charge in [0.1, 0.15) is 5.60 Å². The van der Waals surface area contributed by atoms with Crippen LogP contribution < -0.4 is 4.90 Å². The maximum atomic E-state index is 10.6. The third-order valence-corrected chi connectivity index (χ3v) is 4.99. The van der Waals surface area contributed by atoms with E-state index in [0.29, 0.717) is 37.8 Å². The average molecular weight is 329 g/mol. The van der Waals surface area contributed by atoms with Gasteiger partial charge in [0.15, 0.2) is 0 Å². The number of nitrogens with zero attached hydrogens (tertiary/aromatic N) is 3. The number of ether oxygens (including phenoxy) is 1. The molecule has 2 fully saturated rings. The average Bonchev–Trinajstić information content (AvgIpc) is 3.14.